The molecule has 3 fully saturated rings. The fourth-order valence-corrected chi connectivity index (χ4v) is 5.62. The molecule has 0 spiro atoms. The van der Waals surface area contributed by atoms with Crippen molar-refractivity contribution >= 4 is 35.2 Å². The lowest BCUT2D eigenvalue weighted by atomic mass is 9.95. The predicted molar refractivity (Wildman–Crippen MR) is 123 cm³/mol. The lowest BCUT2D eigenvalue weighted by molar-refractivity contribution is -0.139. The Bertz CT molecular complexity index is 776. The zero-order valence-electron chi connectivity index (χ0n) is 18.0. The summed E-state index contributed by atoms with van der Waals surface area (Å²) in [6.45, 7) is 3.95. The molecule has 31 heavy (non-hydrogen) atoms. The molecule has 1 atom stereocenters. The van der Waals surface area contributed by atoms with Gasteiger partial charge in [0, 0.05) is 49.3 Å². The van der Waals surface area contributed by atoms with Gasteiger partial charge in [0.25, 0.3) is 0 Å². The van der Waals surface area contributed by atoms with E-state index in [1.165, 1.54) is 0 Å². The van der Waals surface area contributed by atoms with Crippen molar-refractivity contribution in [1.82, 2.24) is 14.7 Å². The van der Waals surface area contributed by atoms with Gasteiger partial charge >= 0.3 is 0 Å². The van der Waals surface area contributed by atoms with E-state index in [4.69, 9.17) is 0 Å². The Labute approximate surface area is 188 Å². The largest absolute Gasteiger partial charge is 0.342 e. The Morgan fingerprint density at radius 2 is 1.61 bits per heavy atom. The molecule has 3 amide bonds. The lowest BCUT2D eigenvalue weighted by Gasteiger charge is -2.35. The number of para-hydroxylation sites is 1. The average molecular weight is 445 g/mol. The highest BCUT2D eigenvalue weighted by molar-refractivity contribution is 7.99. The third kappa shape index (κ3) is 5.60. The van der Waals surface area contributed by atoms with Crippen molar-refractivity contribution < 1.29 is 14.4 Å². The molecule has 0 aliphatic carbocycles. The van der Waals surface area contributed by atoms with Crippen molar-refractivity contribution in [3.8, 4) is 0 Å². The van der Waals surface area contributed by atoms with Crippen LogP contribution in [0.4, 0.5) is 5.69 Å². The quantitative estimate of drug-likeness (QED) is 0.751. The zero-order valence-corrected chi connectivity index (χ0v) is 18.8. The van der Waals surface area contributed by atoms with Crippen LogP contribution in [-0.2, 0) is 14.4 Å². The summed E-state index contributed by atoms with van der Waals surface area (Å²) in [5.74, 6) is 2.25. The summed E-state index contributed by atoms with van der Waals surface area (Å²) < 4.78 is 0. The molecule has 3 aliphatic rings. The van der Waals surface area contributed by atoms with Crippen LogP contribution in [-0.4, -0.2) is 89.2 Å². The van der Waals surface area contributed by atoms with Gasteiger partial charge in [-0.1, -0.05) is 18.2 Å². The SMILES string of the molecule is O=C(Nc1ccccc1)C1CCN(C(=O)CN2CCCC2C(=O)N2CCSCC2)CC1. The van der Waals surface area contributed by atoms with Crippen molar-refractivity contribution in [2.45, 2.75) is 31.7 Å². The molecule has 3 saturated heterocycles. The van der Waals surface area contributed by atoms with Crippen LogP contribution in [0.3, 0.4) is 0 Å². The molecule has 1 aromatic carbocycles. The maximum atomic E-state index is 12.9. The fraction of sp³-hybridized carbons (Fsp3) is 0.609. The molecular formula is C23H32N4O3S. The average Bonchev–Trinajstić information content (AvgIpc) is 3.28. The van der Waals surface area contributed by atoms with Gasteiger partial charge < -0.3 is 15.1 Å². The van der Waals surface area contributed by atoms with Crippen molar-refractivity contribution in [3.05, 3.63) is 30.3 Å². The second-order valence-electron chi connectivity index (χ2n) is 8.58. The van der Waals surface area contributed by atoms with Crippen LogP contribution < -0.4 is 5.32 Å². The number of likely N-dealkylation sites (tertiary alicyclic amines) is 2. The number of piperidine rings is 1. The van der Waals surface area contributed by atoms with Gasteiger partial charge in [-0.25, -0.2) is 0 Å². The molecule has 7 nitrogen and oxygen atoms in total. The number of carbonyl (C=O) groups excluding carboxylic acids is 3. The molecule has 1 N–H and O–H groups in total. The van der Waals surface area contributed by atoms with Gasteiger partial charge in [0.2, 0.25) is 17.7 Å². The summed E-state index contributed by atoms with van der Waals surface area (Å²) >= 11 is 1.89. The maximum Gasteiger partial charge on any atom is 0.239 e. The Kier molecular flexibility index (Phi) is 7.50. The number of rotatable bonds is 5. The highest BCUT2D eigenvalue weighted by Crippen LogP contribution is 2.23. The van der Waals surface area contributed by atoms with Crippen LogP contribution in [0.25, 0.3) is 0 Å². The number of amides is 3. The number of anilines is 1. The topological polar surface area (TPSA) is 73.0 Å². The molecule has 0 aromatic heterocycles. The third-order valence-electron chi connectivity index (χ3n) is 6.57. The smallest absolute Gasteiger partial charge is 0.239 e. The van der Waals surface area contributed by atoms with E-state index in [1.807, 2.05) is 51.9 Å². The Morgan fingerprint density at radius 3 is 2.32 bits per heavy atom. The van der Waals surface area contributed by atoms with Gasteiger partial charge in [-0.2, -0.15) is 11.8 Å². The van der Waals surface area contributed by atoms with E-state index in [2.05, 4.69) is 10.2 Å². The lowest BCUT2D eigenvalue weighted by Crippen LogP contribution is -2.51. The number of hydrogen-bond donors (Lipinski definition) is 1. The summed E-state index contributed by atoms with van der Waals surface area (Å²) in [7, 11) is 0. The molecular weight excluding hydrogens is 412 g/mol. The first-order valence-corrected chi connectivity index (χ1v) is 12.5. The number of hydrogen-bond acceptors (Lipinski definition) is 5. The molecule has 3 heterocycles. The Hall–Kier alpha value is -2.06. The second-order valence-corrected chi connectivity index (χ2v) is 9.80. The van der Waals surface area contributed by atoms with E-state index in [-0.39, 0.29) is 29.7 Å². The van der Waals surface area contributed by atoms with Crippen LogP contribution in [0, 0.1) is 5.92 Å². The zero-order chi connectivity index (χ0) is 21.6. The molecule has 1 aromatic rings. The van der Waals surface area contributed by atoms with Crippen LogP contribution in [0.1, 0.15) is 25.7 Å². The maximum absolute atomic E-state index is 12.9. The van der Waals surface area contributed by atoms with E-state index in [1.54, 1.807) is 0 Å². The molecule has 3 aliphatic heterocycles. The molecule has 4 rings (SSSR count). The van der Waals surface area contributed by atoms with Gasteiger partial charge in [0.15, 0.2) is 0 Å². The summed E-state index contributed by atoms with van der Waals surface area (Å²) in [6, 6.07) is 9.33. The van der Waals surface area contributed by atoms with Crippen molar-refractivity contribution in [1.29, 1.82) is 0 Å². The van der Waals surface area contributed by atoms with Crippen LogP contribution in [0.5, 0.6) is 0 Å². The molecule has 1 unspecified atom stereocenters. The molecule has 0 radical (unpaired) electrons. The van der Waals surface area contributed by atoms with Crippen molar-refractivity contribution in [2.75, 3.05) is 56.1 Å². The van der Waals surface area contributed by atoms with Gasteiger partial charge in [0.05, 0.1) is 12.6 Å². The van der Waals surface area contributed by atoms with Crippen LogP contribution >= 0.6 is 11.8 Å². The first kappa shape index (κ1) is 22.1. The van der Waals surface area contributed by atoms with Gasteiger partial charge in [0.1, 0.15) is 0 Å². The number of thioether (sulfide) groups is 1. The monoisotopic (exact) mass is 444 g/mol. The summed E-state index contributed by atoms with van der Waals surface area (Å²) in [6.07, 6.45) is 3.17. The minimum Gasteiger partial charge on any atom is -0.342 e. The standard InChI is InChI=1S/C23H32N4O3S/c28-21(17-27-10-4-7-20(27)23(30)26-13-15-31-16-14-26)25-11-8-18(9-12-25)22(29)24-19-5-2-1-3-6-19/h1-3,5-6,18,20H,4,7-17H2,(H,24,29). The van der Waals surface area contributed by atoms with E-state index in [9.17, 15) is 14.4 Å². The van der Waals surface area contributed by atoms with Gasteiger partial charge in [-0.3, -0.25) is 19.3 Å². The second kappa shape index (κ2) is 10.5. The predicted octanol–water partition coefficient (Wildman–Crippen LogP) is 1.90. The minimum atomic E-state index is -0.152. The number of nitrogens with one attached hydrogen (secondary N) is 1. The van der Waals surface area contributed by atoms with Crippen molar-refractivity contribution in [3.63, 3.8) is 0 Å². The summed E-state index contributed by atoms with van der Waals surface area (Å²) in [5.41, 5.74) is 0.808. The number of nitrogens with zero attached hydrogens (tertiary/aromatic N) is 3. The van der Waals surface area contributed by atoms with E-state index < -0.39 is 0 Å². The minimum absolute atomic E-state index is 0.0307. The van der Waals surface area contributed by atoms with Gasteiger partial charge in [-0.15, -0.1) is 0 Å². The number of carbonyl (C=O) groups is 3. The Balaban J connectivity index is 1.25. The first-order valence-electron chi connectivity index (χ1n) is 11.4. The highest BCUT2D eigenvalue weighted by atomic mass is 32.2. The molecule has 0 bridgehead atoms. The third-order valence-corrected chi connectivity index (χ3v) is 7.51. The van der Waals surface area contributed by atoms with Gasteiger partial charge in [-0.05, 0) is 44.4 Å². The van der Waals surface area contributed by atoms with Crippen LogP contribution in [0.15, 0.2) is 30.3 Å². The molecule has 0 saturated carbocycles. The highest BCUT2D eigenvalue weighted by Gasteiger charge is 2.36. The molecule has 168 valence electrons. The van der Waals surface area contributed by atoms with Crippen molar-refractivity contribution in [2.24, 2.45) is 5.92 Å². The van der Waals surface area contributed by atoms with E-state index in [0.717, 1.165) is 49.7 Å². The van der Waals surface area contributed by atoms with Crippen LogP contribution in [0.2, 0.25) is 0 Å². The molecule has 8 heteroatoms. The first-order chi connectivity index (χ1) is 15.1. The summed E-state index contributed by atoms with van der Waals surface area (Å²) in [4.78, 5) is 44.3. The normalized spacial score (nSPS) is 23.0. The van der Waals surface area contributed by atoms with E-state index in [0.29, 0.717) is 32.5 Å². The summed E-state index contributed by atoms with van der Waals surface area (Å²) in [5, 5.41) is 2.97. The fourth-order valence-electron chi connectivity index (χ4n) is 4.72. The number of benzene rings is 1. The van der Waals surface area contributed by atoms with E-state index >= 15 is 0 Å². The Morgan fingerprint density at radius 1 is 0.903 bits per heavy atom.